The summed E-state index contributed by atoms with van der Waals surface area (Å²) in [6.45, 7) is 1.98. The maximum Gasteiger partial charge on any atom is 0.337 e. The van der Waals surface area contributed by atoms with E-state index in [-0.39, 0.29) is 5.56 Å². The first-order valence-corrected chi connectivity index (χ1v) is 6.83. The number of fused-ring (bicyclic) bond motifs is 1. The maximum atomic E-state index is 11.4. The Kier molecular flexibility index (Phi) is 3.06. The van der Waals surface area contributed by atoms with Crippen molar-refractivity contribution in [2.45, 2.75) is 6.92 Å². The van der Waals surface area contributed by atoms with Gasteiger partial charge in [0.05, 0.1) is 22.3 Å². The van der Waals surface area contributed by atoms with Crippen LogP contribution in [0.3, 0.4) is 0 Å². The lowest BCUT2D eigenvalue weighted by Gasteiger charge is -2.10. The molecule has 5 heteroatoms. The van der Waals surface area contributed by atoms with Crippen LogP contribution in [0.1, 0.15) is 15.9 Å². The Bertz CT molecular complexity index is 824. The Labute approximate surface area is 123 Å². The van der Waals surface area contributed by atoms with Gasteiger partial charge in [-0.15, -0.1) is 0 Å². The highest BCUT2D eigenvalue weighted by Gasteiger charge is 2.15. The Morgan fingerprint density at radius 1 is 1.25 bits per heavy atom. The highest BCUT2D eigenvalue weighted by Crippen LogP contribution is 2.27. The second-order valence-corrected chi connectivity index (χ2v) is 5.33. The molecule has 1 N–H and O–H groups in total. The molecule has 0 spiro atoms. The monoisotopic (exact) mass is 330 g/mol. The molecule has 3 rings (SSSR count). The molecule has 0 aliphatic heterocycles. The molecule has 0 atom stereocenters. The largest absolute Gasteiger partial charge is 0.478 e. The van der Waals surface area contributed by atoms with Crippen LogP contribution in [0.2, 0.25) is 0 Å². The van der Waals surface area contributed by atoms with Gasteiger partial charge in [0.25, 0.3) is 0 Å². The van der Waals surface area contributed by atoms with E-state index in [1.54, 1.807) is 18.5 Å². The number of hydrogen-bond acceptors (Lipinski definition) is 2. The van der Waals surface area contributed by atoms with Crippen molar-refractivity contribution in [1.82, 2.24) is 9.55 Å². The molecule has 0 fully saturated rings. The molecule has 0 saturated carbocycles. The fourth-order valence-corrected chi connectivity index (χ4v) is 2.63. The summed E-state index contributed by atoms with van der Waals surface area (Å²) >= 11 is 3.49. The second kappa shape index (κ2) is 4.76. The summed E-state index contributed by atoms with van der Waals surface area (Å²) in [5.74, 6) is -0.954. The van der Waals surface area contributed by atoms with Crippen molar-refractivity contribution < 1.29 is 9.90 Å². The van der Waals surface area contributed by atoms with Crippen LogP contribution < -0.4 is 0 Å². The molecule has 100 valence electrons. The minimum atomic E-state index is -0.954. The van der Waals surface area contributed by atoms with Crippen molar-refractivity contribution in [3.05, 3.63) is 58.3 Å². The molecule has 20 heavy (non-hydrogen) atoms. The van der Waals surface area contributed by atoms with Gasteiger partial charge in [0.1, 0.15) is 6.33 Å². The van der Waals surface area contributed by atoms with Gasteiger partial charge in [0.2, 0.25) is 0 Å². The number of hydrogen-bond donors (Lipinski definition) is 1. The van der Waals surface area contributed by atoms with Gasteiger partial charge in [-0.3, -0.25) is 4.57 Å². The van der Waals surface area contributed by atoms with Gasteiger partial charge in [0, 0.05) is 4.47 Å². The third kappa shape index (κ3) is 1.91. The molecule has 0 unspecified atom stereocenters. The van der Waals surface area contributed by atoms with E-state index in [4.69, 9.17) is 0 Å². The summed E-state index contributed by atoms with van der Waals surface area (Å²) in [4.78, 5) is 15.7. The Morgan fingerprint density at radius 2 is 2.00 bits per heavy atom. The molecule has 1 heterocycles. The Balaban J connectivity index is 2.38. The molecular formula is C15H11BrN2O2. The van der Waals surface area contributed by atoms with Crippen molar-refractivity contribution in [3.63, 3.8) is 0 Å². The number of imidazole rings is 1. The molecule has 4 nitrogen and oxygen atoms in total. The summed E-state index contributed by atoms with van der Waals surface area (Å²) in [5.41, 5.74) is 3.48. The normalized spacial score (nSPS) is 10.9. The number of nitrogens with zero attached hydrogens (tertiary/aromatic N) is 2. The van der Waals surface area contributed by atoms with Crippen LogP contribution >= 0.6 is 15.9 Å². The fraction of sp³-hybridized carbons (Fsp3) is 0.0667. The van der Waals surface area contributed by atoms with E-state index in [0.717, 1.165) is 15.7 Å². The number of carbonyl (C=O) groups is 1. The number of rotatable bonds is 2. The first kappa shape index (κ1) is 12.9. The van der Waals surface area contributed by atoms with Crippen LogP contribution in [-0.2, 0) is 0 Å². The third-order valence-corrected chi connectivity index (χ3v) is 4.16. The number of para-hydroxylation sites is 1. The van der Waals surface area contributed by atoms with Gasteiger partial charge in [-0.1, -0.05) is 28.1 Å². The average Bonchev–Trinajstić information content (AvgIpc) is 2.85. The van der Waals surface area contributed by atoms with Crippen LogP contribution in [0.25, 0.3) is 16.7 Å². The molecule has 0 amide bonds. The average molecular weight is 331 g/mol. The SMILES string of the molecule is Cc1c(Br)cccc1-n1cnc2cccc(C(=O)O)c21. The van der Waals surface area contributed by atoms with E-state index in [1.807, 2.05) is 35.8 Å². The minimum Gasteiger partial charge on any atom is -0.478 e. The maximum absolute atomic E-state index is 11.4. The highest BCUT2D eigenvalue weighted by atomic mass is 79.9. The molecule has 0 saturated heterocycles. The van der Waals surface area contributed by atoms with Crippen molar-refractivity contribution in [3.8, 4) is 5.69 Å². The van der Waals surface area contributed by atoms with Gasteiger partial charge < -0.3 is 5.11 Å². The molecule has 0 aliphatic rings. The van der Waals surface area contributed by atoms with Crippen LogP contribution in [0.15, 0.2) is 47.2 Å². The highest BCUT2D eigenvalue weighted by molar-refractivity contribution is 9.10. The second-order valence-electron chi connectivity index (χ2n) is 4.48. The van der Waals surface area contributed by atoms with Crippen molar-refractivity contribution >= 4 is 32.9 Å². The standard InChI is InChI=1S/C15H11BrN2O2/c1-9-11(16)5-3-7-13(9)18-8-17-12-6-2-4-10(14(12)18)15(19)20/h2-8H,1H3,(H,19,20). The van der Waals surface area contributed by atoms with Gasteiger partial charge in [0.15, 0.2) is 0 Å². The number of carboxylic acids is 1. The zero-order chi connectivity index (χ0) is 14.3. The van der Waals surface area contributed by atoms with Gasteiger partial charge in [-0.05, 0) is 36.8 Å². The minimum absolute atomic E-state index is 0.249. The third-order valence-electron chi connectivity index (χ3n) is 3.30. The number of halogens is 1. The molecular weight excluding hydrogens is 320 g/mol. The molecule has 0 bridgehead atoms. The Morgan fingerprint density at radius 3 is 2.75 bits per heavy atom. The fourth-order valence-electron chi connectivity index (χ4n) is 2.28. The van der Waals surface area contributed by atoms with Crippen molar-refractivity contribution in [2.75, 3.05) is 0 Å². The smallest absolute Gasteiger partial charge is 0.337 e. The van der Waals surface area contributed by atoms with E-state index in [1.165, 1.54) is 0 Å². The number of aromatic carboxylic acids is 1. The number of benzene rings is 2. The number of carboxylic acid groups (broad SMARTS) is 1. The first-order valence-electron chi connectivity index (χ1n) is 6.04. The predicted molar refractivity (Wildman–Crippen MR) is 80.5 cm³/mol. The Hall–Kier alpha value is -2.14. The molecule has 3 aromatic rings. The van der Waals surface area contributed by atoms with Crippen molar-refractivity contribution in [2.24, 2.45) is 0 Å². The van der Waals surface area contributed by atoms with Crippen LogP contribution in [0.4, 0.5) is 0 Å². The van der Waals surface area contributed by atoms with Crippen LogP contribution in [-0.4, -0.2) is 20.6 Å². The lowest BCUT2D eigenvalue weighted by molar-refractivity contribution is 0.0698. The van der Waals surface area contributed by atoms with Gasteiger partial charge in [-0.2, -0.15) is 0 Å². The number of aromatic nitrogens is 2. The zero-order valence-corrected chi connectivity index (χ0v) is 12.3. The molecule has 0 radical (unpaired) electrons. The summed E-state index contributed by atoms with van der Waals surface area (Å²) in [6, 6.07) is 10.9. The quantitative estimate of drug-likeness (QED) is 0.777. The van der Waals surface area contributed by atoms with E-state index >= 15 is 0 Å². The topological polar surface area (TPSA) is 55.1 Å². The predicted octanol–water partition coefficient (Wildman–Crippen LogP) is 3.79. The summed E-state index contributed by atoms with van der Waals surface area (Å²) < 4.78 is 2.79. The lowest BCUT2D eigenvalue weighted by Crippen LogP contribution is -2.02. The van der Waals surface area contributed by atoms with E-state index < -0.39 is 5.97 Å². The van der Waals surface area contributed by atoms with Crippen LogP contribution in [0, 0.1) is 6.92 Å². The zero-order valence-electron chi connectivity index (χ0n) is 10.7. The van der Waals surface area contributed by atoms with E-state index in [2.05, 4.69) is 20.9 Å². The van der Waals surface area contributed by atoms with E-state index in [0.29, 0.717) is 11.0 Å². The molecule has 1 aromatic heterocycles. The molecule has 0 aliphatic carbocycles. The summed E-state index contributed by atoms with van der Waals surface area (Å²) in [6.07, 6.45) is 1.66. The van der Waals surface area contributed by atoms with Crippen molar-refractivity contribution in [1.29, 1.82) is 0 Å². The van der Waals surface area contributed by atoms with Crippen LogP contribution in [0.5, 0.6) is 0 Å². The van der Waals surface area contributed by atoms with E-state index in [9.17, 15) is 9.90 Å². The first-order chi connectivity index (χ1) is 9.59. The van der Waals surface area contributed by atoms with Gasteiger partial charge in [-0.25, -0.2) is 9.78 Å². The summed E-state index contributed by atoms with van der Waals surface area (Å²) in [7, 11) is 0. The molecule has 2 aromatic carbocycles. The van der Waals surface area contributed by atoms with Gasteiger partial charge >= 0.3 is 5.97 Å². The summed E-state index contributed by atoms with van der Waals surface area (Å²) in [5, 5.41) is 9.35. The lowest BCUT2D eigenvalue weighted by atomic mass is 10.1.